The number of Topliss-reactive ketones (excluding diaryl/α,β-unsaturated/α-hetero) is 1. The van der Waals surface area contributed by atoms with Crippen LogP contribution in [0.15, 0.2) is 72.3 Å². The van der Waals surface area contributed by atoms with Gasteiger partial charge in [-0.15, -0.1) is 0 Å². The van der Waals surface area contributed by atoms with E-state index in [0.29, 0.717) is 23.5 Å². The van der Waals surface area contributed by atoms with E-state index >= 15 is 0 Å². The fourth-order valence-electron chi connectivity index (χ4n) is 4.36. The molecule has 176 valence electrons. The van der Waals surface area contributed by atoms with Crippen LogP contribution in [0.3, 0.4) is 0 Å². The van der Waals surface area contributed by atoms with Gasteiger partial charge in [0, 0.05) is 12.1 Å². The zero-order valence-electron chi connectivity index (χ0n) is 19.7. The van der Waals surface area contributed by atoms with Gasteiger partial charge in [-0.2, -0.15) is 0 Å². The lowest BCUT2D eigenvalue weighted by molar-refractivity contribution is -0.140. The van der Waals surface area contributed by atoms with E-state index in [-0.39, 0.29) is 30.6 Å². The summed E-state index contributed by atoms with van der Waals surface area (Å²) < 4.78 is 11.3. The van der Waals surface area contributed by atoms with Gasteiger partial charge in [0.15, 0.2) is 0 Å². The van der Waals surface area contributed by atoms with E-state index in [4.69, 9.17) is 9.47 Å². The number of aliphatic hydroxyl groups is 1. The highest BCUT2D eigenvalue weighted by molar-refractivity contribution is 6.46. The summed E-state index contributed by atoms with van der Waals surface area (Å²) in [7, 11) is 0. The quantitative estimate of drug-likeness (QED) is 0.289. The van der Waals surface area contributed by atoms with Crippen LogP contribution in [0.25, 0.3) is 16.5 Å². The smallest absolute Gasteiger partial charge is 0.295 e. The highest BCUT2D eigenvalue weighted by Gasteiger charge is 2.46. The van der Waals surface area contributed by atoms with Crippen LogP contribution in [0.4, 0.5) is 0 Å². The fraction of sp³-hybridized carbons (Fsp3) is 0.286. The molecular weight excluding hydrogens is 430 g/mol. The number of ether oxygens (including phenoxy) is 2. The molecule has 1 unspecified atom stereocenters. The Kier molecular flexibility index (Phi) is 6.98. The van der Waals surface area contributed by atoms with E-state index in [0.717, 1.165) is 10.8 Å². The van der Waals surface area contributed by atoms with Gasteiger partial charge in [0.1, 0.15) is 11.5 Å². The van der Waals surface area contributed by atoms with Gasteiger partial charge < -0.3 is 19.5 Å². The highest BCUT2D eigenvalue weighted by Crippen LogP contribution is 2.41. The second-order valence-corrected chi connectivity index (χ2v) is 8.44. The van der Waals surface area contributed by atoms with Crippen molar-refractivity contribution in [1.29, 1.82) is 0 Å². The highest BCUT2D eigenvalue weighted by atomic mass is 16.5. The number of fused-ring (bicyclic) bond motifs is 1. The molecule has 4 rings (SSSR count). The van der Waals surface area contributed by atoms with Gasteiger partial charge in [0.2, 0.25) is 0 Å². The predicted octanol–water partition coefficient (Wildman–Crippen LogP) is 5.09. The number of hydrogen-bond donors (Lipinski definition) is 1. The maximum Gasteiger partial charge on any atom is 0.295 e. The average molecular weight is 460 g/mol. The minimum absolute atomic E-state index is 0.00719. The normalized spacial score (nSPS) is 17.6. The number of rotatable bonds is 8. The summed E-state index contributed by atoms with van der Waals surface area (Å²) >= 11 is 0. The molecule has 1 N–H and O–H groups in total. The Labute approximate surface area is 199 Å². The molecule has 1 aliphatic heterocycles. The Balaban J connectivity index is 1.87. The molecule has 1 aliphatic rings. The van der Waals surface area contributed by atoms with Crippen molar-refractivity contribution in [2.24, 2.45) is 0 Å². The van der Waals surface area contributed by atoms with E-state index in [2.05, 4.69) is 0 Å². The Hall–Kier alpha value is -3.64. The lowest BCUT2D eigenvalue weighted by Crippen LogP contribution is -2.33. The number of ketones is 1. The predicted molar refractivity (Wildman–Crippen MR) is 132 cm³/mol. The van der Waals surface area contributed by atoms with Crippen molar-refractivity contribution in [3.8, 4) is 5.75 Å². The van der Waals surface area contributed by atoms with Gasteiger partial charge in [-0.3, -0.25) is 9.59 Å². The van der Waals surface area contributed by atoms with E-state index in [1.165, 1.54) is 4.90 Å². The maximum atomic E-state index is 13.3. The molecular formula is C28H29NO5. The standard InChI is InChI=1S/C28H29NO5/c1-4-33-21-12-7-11-20(17-21)25-24(27(31)28(32)29(25)15-16-34-18(2)3)26(30)23-14-8-10-19-9-5-6-13-22(19)23/h5-14,17-18,25,30H,4,15-16H2,1-3H3/b26-24-. The molecule has 6 heteroatoms. The van der Waals surface area contributed by atoms with Crippen molar-refractivity contribution >= 4 is 28.2 Å². The minimum Gasteiger partial charge on any atom is -0.507 e. The molecule has 0 saturated carbocycles. The van der Waals surface area contributed by atoms with E-state index < -0.39 is 17.7 Å². The first-order chi connectivity index (χ1) is 16.4. The number of aliphatic hydroxyl groups excluding tert-OH is 1. The molecule has 0 radical (unpaired) electrons. The second-order valence-electron chi connectivity index (χ2n) is 8.44. The Bertz CT molecular complexity index is 1240. The molecule has 1 heterocycles. The molecule has 3 aromatic carbocycles. The molecule has 34 heavy (non-hydrogen) atoms. The van der Waals surface area contributed by atoms with Crippen molar-refractivity contribution in [1.82, 2.24) is 4.90 Å². The van der Waals surface area contributed by atoms with Crippen molar-refractivity contribution in [3.63, 3.8) is 0 Å². The Morgan fingerprint density at radius 1 is 1.03 bits per heavy atom. The number of likely N-dealkylation sites (tertiary alicyclic amines) is 1. The number of amides is 1. The van der Waals surface area contributed by atoms with Gasteiger partial charge in [-0.05, 0) is 49.2 Å². The average Bonchev–Trinajstić information content (AvgIpc) is 3.08. The van der Waals surface area contributed by atoms with Crippen LogP contribution in [0, 0.1) is 0 Å². The van der Waals surface area contributed by atoms with Crippen LogP contribution in [-0.4, -0.2) is 47.6 Å². The first-order valence-corrected chi connectivity index (χ1v) is 11.5. The van der Waals surface area contributed by atoms with E-state index in [1.807, 2.05) is 81.4 Å². The second kappa shape index (κ2) is 10.1. The molecule has 0 bridgehead atoms. The van der Waals surface area contributed by atoms with Gasteiger partial charge in [0.05, 0.1) is 30.9 Å². The Morgan fingerprint density at radius 2 is 1.76 bits per heavy atom. The summed E-state index contributed by atoms with van der Waals surface area (Å²) in [5, 5.41) is 13.2. The van der Waals surface area contributed by atoms with Crippen LogP contribution in [0.1, 0.15) is 37.9 Å². The number of carbonyl (C=O) groups is 2. The minimum atomic E-state index is -0.755. The van der Waals surface area contributed by atoms with E-state index in [1.54, 1.807) is 6.07 Å². The monoisotopic (exact) mass is 459 g/mol. The maximum absolute atomic E-state index is 13.3. The van der Waals surface area contributed by atoms with Crippen LogP contribution >= 0.6 is 0 Å². The molecule has 1 amide bonds. The summed E-state index contributed by atoms with van der Waals surface area (Å²) in [4.78, 5) is 27.9. The summed E-state index contributed by atoms with van der Waals surface area (Å²) in [6.07, 6.45) is -0.00719. The molecule has 1 atom stereocenters. The van der Waals surface area contributed by atoms with Crippen molar-refractivity contribution in [2.45, 2.75) is 32.9 Å². The molecule has 6 nitrogen and oxygen atoms in total. The molecule has 0 aromatic heterocycles. The lowest BCUT2D eigenvalue weighted by atomic mass is 9.93. The largest absolute Gasteiger partial charge is 0.507 e. The molecule has 1 saturated heterocycles. The molecule has 0 spiro atoms. The number of benzene rings is 3. The van der Waals surface area contributed by atoms with Crippen molar-refractivity contribution in [3.05, 3.63) is 83.4 Å². The van der Waals surface area contributed by atoms with Crippen LogP contribution < -0.4 is 4.74 Å². The SMILES string of the molecule is CCOc1cccc(C2/C(=C(/O)c3cccc4ccccc34)C(=O)C(=O)N2CCOC(C)C)c1. The first-order valence-electron chi connectivity index (χ1n) is 11.5. The van der Waals surface area contributed by atoms with Crippen LogP contribution in [0.5, 0.6) is 5.75 Å². The summed E-state index contributed by atoms with van der Waals surface area (Å²) in [5.41, 5.74) is 1.27. The number of carbonyl (C=O) groups excluding carboxylic acids is 2. The van der Waals surface area contributed by atoms with Gasteiger partial charge in [-0.1, -0.05) is 54.6 Å². The van der Waals surface area contributed by atoms with Gasteiger partial charge in [-0.25, -0.2) is 0 Å². The first kappa shape index (κ1) is 23.5. The zero-order valence-corrected chi connectivity index (χ0v) is 19.7. The lowest BCUT2D eigenvalue weighted by Gasteiger charge is -2.26. The third kappa shape index (κ3) is 4.54. The van der Waals surface area contributed by atoms with Crippen LogP contribution in [-0.2, 0) is 14.3 Å². The molecule has 3 aromatic rings. The summed E-state index contributed by atoms with van der Waals surface area (Å²) in [6, 6.07) is 19.7. The van der Waals surface area contributed by atoms with Gasteiger partial charge in [0.25, 0.3) is 11.7 Å². The zero-order chi connectivity index (χ0) is 24.2. The summed E-state index contributed by atoms with van der Waals surface area (Å²) in [6.45, 7) is 6.71. The summed E-state index contributed by atoms with van der Waals surface area (Å²) in [5.74, 6) is -0.911. The van der Waals surface area contributed by atoms with Crippen LogP contribution in [0.2, 0.25) is 0 Å². The third-order valence-electron chi connectivity index (χ3n) is 5.85. The Morgan fingerprint density at radius 3 is 2.53 bits per heavy atom. The fourth-order valence-corrected chi connectivity index (χ4v) is 4.36. The van der Waals surface area contributed by atoms with E-state index in [9.17, 15) is 14.7 Å². The molecule has 0 aliphatic carbocycles. The number of hydrogen-bond acceptors (Lipinski definition) is 5. The third-order valence-corrected chi connectivity index (χ3v) is 5.85. The van der Waals surface area contributed by atoms with Crippen molar-refractivity contribution < 1.29 is 24.2 Å². The topological polar surface area (TPSA) is 76.1 Å². The van der Waals surface area contributed by atoms with Gasteiger partial charge >= 0.3 is 0 Å². The number of nitrogens with zero attached hydrogens (tertiary/aromatic N) is 1. The van der Waals surface area contributed by atoms with Crippen molar-refractivity contribution in [2.75, 3.05) is 19.8 Å². The molecule has 1 fully saturated rings.